The number of nitrogens with one attached hydrogen (secondary N) is 1. The van der Waals surface area contributed by atoms with E-state index in [4.69, 9.17) is 33.7 Å². The Morgan fingerprint density at radius 3 is 2.54 bits per heavy atom. The number of nitrogens with zero attached hydrogens (tertiary/aromatic N) is 1. The second-order valence-corrected chi connectivity index (χ2v) is 10.8. The van der Waals surface area contributed by atoms with Gasteiger partial charge in [0, 0.05) is 6.07 Å². The number of primary amides is 1. The number of ether oxygens (including phenoxy) is 4. The maximum atomic E-state index is 13.7. The predicted molar refractivity (Wildman–Crippen MR) is 128 cm³/mol. The number of aromatic nitrogens is 1. The van der Waals surface area contributed by atoms with Crippen molar-refractivity contribution in [3.63, 3.8) is 0 Å². The lowest BCUT2D eigenvalue weighted by Crippen LogP contribution is -2.46. The summed E-state index contributed by atoms with van der Waals surface area (Å²) in [6.07, 6.45) is 0.710. The van der Waals surface area contributed by atoms with E-state index in [2.05, 4.69) is 5.09 Å². The van der Waals surface area contributed by atoms with Gasteiger partial charge in [0.05, 0.1) is 13.7 Å². The first-order valence-corrected chi connectivity index (χ1v) is 13.2. The average Bonchev–Trinajstić information content (AvgIpc) is 3.35. The molecular formula is C24H31N3O9P+. The van der Waals surface area contributed by atoms with E-state index in [9.17, 15) is 14.2 Å². The van der Waals surface area contributed by atoms with Crippen LogP contribution in [0.3, 0.4) is 0 Å². The minimum absolute atomic E-state index is 0.224. The molecular weight excluding hydrogens is 505 g/mol. The van der Waals surface area contributed by atoms with Gasteiger partial charge in [-0.2, -0.15) is 9.65 Å². The molecule has 2 aliphatic heterocycles. The van der Waals surface area contributed by atoms with Gasteiger partial charge in [0.25, 0.3) is 12.1 Å². The third-order valence-corrected chi connectivity index (χ3v) is 7.45. The molecule has 6 atom stereocenters. The van der Waals surface area contributed by atoms with E-state index in [1.54, 1.807) is 73.3 Å². The second kappa shape index (κ2) is 10.9. The lowest BCUT2D eigenvalue weighted by Gasteiger charge is -2.25. The lowest BCUT2D eigenvalue weighted by molar-refractivity contribution is -0.766. The number of hydrogen-bond donors (Lipinski definition) is 2. The zero-order valence-electron chi connectivity index (χ0n) is 20.9. The summed E-state index contributed by atoms with van der Waals surface area (Å²) >= 11 is 0. The van der Waals surface area contributed by atoms with Crippen LogP contribution in [-0.2, 0) is 32.8 Å². The molecule has 12 nitrogen and oxygen atoms in total. The highest BCUT2D eigenvalue weighted by Gasteiger charge is 2.59. The normalized spacial score (nSPS) is 26.6. The zero-order valence-corrected chi connectivity index (χ0v) is 21.8. The van der Waals surface area contributed by atoms with E-state index < -0.39 is 56.0 Å². The molecule has 0 aliphatic carbocycles. The summed E-state index contributed by atoms with van der Waals surface area (Å²) < 4.78 is 49.9. The van der Waals surface area contributed by atoms with E-state index in [1.165, 1.54) is 14.0 Å². The van der Waals surface area contributed by atoms with Gasteiger partial charge in [-0.3, -0.25) is 14.1 Å². The van der Waals surface area contributed by atoms with Crippen LogP contribution in [0.4, 0.5) is 0 Å². The molecule has 0 saturated carbocycles. The first-order valence-electron chi connectivity index (χ1n) is 11.7. The number of rotatable bonds is 10. The Balaban J connectivity index is 1.55. The average molecular weight is 536 g/mol. The summed E-state index contributed by atoms with van der Waals surface area (Å²) in [5.74, 6) is -1.87. The fraction of sp³-hybridized carbons (Fsp3) is 0.458. The molecule has 2 aromatic rings. The van der Waals surface area contributed by atoms with Crippen molar-refractivity contribution in [1.29, 1.82) is 0 Å². The summed E-state index contributed by atoms with van der Waals surface area (Å²) in [5.41, 5.74) is 5.73. The summed E-state index contributed by atoms with van der Waals surface area (Å²) in [5, 5.41) is 2.61. The number of amides is 1. The minimum atomic E-state index is -4.09. The summed E-state index contributed by atoms with van der Waals surface area (Å²) in [6.45, 7) is 4.80. The van der Waals surface area contributed by atoms with Gasteiger partial charge in [0.1, 0.15) is 29.6 Å². The van der Waals surface area contributed by atoms with Crippen LogP contribution >= 0.6 is 7.75 Å². The first kappa shape index (κ1) is 27.2. The van der Waals surface area contributed by atoms with Crippen molar-refractivity contribution in [1.82, 2.24) is 5.09 Å². The van der Waals surface area contributed by atoms with Crippen LogP contribution in [0.1, 0.15) is 37.4 Å². The van der Waals surface area contributed by atoms with E-state index in [0.29, 0.717) is 5.56 Å². The van der Waals surface area contributed by atoms with E-state index >= 15 is 0 Å². The highest BCUT2D eigenvalue weighted by atomic mass is 31.2. The lowest BCUT2D eigenvalue weighted by atomic mass is 10.1. The predicted octanol–water partition coefficient (Wildman–Crippen LogP) is 1.85. The standard InChI is InChI=1S/C24H30N3O9P/c1-15(23(29)31-4)26-37(30,36-17-10-6-5-7-11-17)32-14-18-19-20(35-24(2,3)34-19)22(33-18)27-12-8-9-16(13-27)21(25)28/h5-13,15,18-20,22H,14H2,1-4H3,(H2-,25,26,28,30)/p+1/t15-,18+,19-,20-,22+,37?/m0/s1. The van der Waals surface area contributed by atoms with Crippen molar-refractivity contribution in [2.75, 3.05) is 13.7 Å². The SMILES string of the molecule is COC(=O)[C@H](C)NP(=O)(OC[C@H]1O[C@@H]([n+]2cccc(C(N)=O)c2)[C@H]2OC(C)(C)O[C@H]21)Oc1ccccc1. The van der Waals surface area contributed by atoms with E-state index in [0.717, 1.165) is 0 Å². The summed E-state index contributed by atoms with van der Waals surface area (Å²) in [7, 11) is -2.87. The van der Waals surface area contributed by atoms with Gasteiger partial charge < -0.3 is 29.2 Å². The van der Waals surface area contributed by atoms with Gasteiger partial charge in [0.2, 0.25) is 0 Å². The quantitative estimate of drug-likeness (QED) is 0.262. The van der Waals surface area contributed by atoms with Crippen molar-refractivity contribution in [2.24, 2.45) is 5.73 Å². The van der Waals surface area contributed by atoms with Crippen LogP contribution in [0.25, 0.3) is 0 Å². The molecule has 3 heterocycles. The molecule has 37 heavy (non-hydrogen) atoms. The number of methoxy groups -OCH3 is 1. The summed E-state index contributed by atoms with van der Waals surface area (Å²) in [4.78, 5) is 23.7. The Kier molecular flexibility index (Phi) is 7.98. The van der Waals surface area contributed by atoms with E-state index in [1.807, 2.05) is 0 Å². The topological polar surface area (TPSA) is 149 Å². The Morgan fingerprint density at radius 2 is 1.86 bits per heavy atom. The van der Waals surface area contributed by atoms with Crippen molar-refractivity contribution in [3.8, 4) is 5.75 Å². The molecule has 1 amide bonds. The highest BCUT2D eigenvalue weighted by molar-refractivity contribution is 7.52. The van der Waals surface area contributed by atoms with Crippen molar-refractivity contribution in [2.45, 2.75) is 57.1 Å². The van der Waals surface area contributed by atoms with Gasteiger partial charge >= 0.3 is 13.7 Å². The first-order chi connectivity index (χ1) is 17.5. The van der Waals surface area contributed by atoms with Gasteiger partial charge in [-0.25, -0.2) is 4.57 Å². The largest absolute Gasteiger partial charge is 0.468 e. The Bertz CT molecular complexity index is 1180. The summed E-state index contributed by atoms with van der Waals surface area (Å²) in [6, 6.07) is 10.7. The number of hydrogen-bond acceptors (Lipinski definition) is 9. The molecule has 1 unspecified atom stereocenters. The number of carbonyl (C=O) groups excluding carboxylic acids is 2. The molecule has 0 bridgehead atoms. The Labute approximate surface area is 214 Å². The monoisotopic (exact) mass is 536 g/mol. The van der Waals surface area contributed by atoms with Crippen LogP contribution in [0.15, 0.2) is 54.9 Å². The molecule has 3 N–H and O–H groups in total. The third kappa shape index (κ3) is 6.35. The molecule has 4 rings (SSSR count). The third-order valence-electron chi connectivity index (χ3n) is 5.81. The van der Waals surface area contributed by atoms with Gasteiger partial charge in [-0.05, 0) is 39.0 Å². The van der Waals surface area contributed by atoms with Crippen molar-refractivity contribution >= 4 is 19.6 Å². The number of para-hydroxylation sites is 1. The smallest absolute Gasteiger partial charge is 0.459 e. The fourth-order valence-corrected chi connectivity index (χ4v) is 5.68. The molecule has 1 aromatic heterocycles. The van der Waals surface area contributed by atoms with Gasteiger partial charge in [-0.1, -0.05) is 18.2 Å². The highest BCUT2D eigenvalue weighted by Crippen LogP contribution is 2.47. The maximum Gasteiger partial charge on any atom is 0.459 e. The van der Waals surface area contributed by atoms with Crippen molar-refractivity contribution < 1.29 is 46.7 Å². The molecule has 200 valence electrons. The Morgan fingerprint density at radius 1 is 1.16 bits per heavy atom. The Hall–Kier alpha value is -2.86. The van der Waals surface area contributed by atoms with Crippen LogP contribution in [0.2, 0.25) is 0 Å². The number of esters is 1. The second-order valence-electron chi connectivity index (χ2n) is 9.11. The minimum Gasteiger partial charge on any atom is -0.468 e. The molecule has 0 radical (unpaired) electrons. The van der Waals surface area contributed by atoms with E-state index in [-0.39, 0.29) is 12.4 Å². The van der Waals surface area contributed by atoms with Gasteiger partial charge in [0.15, 0.2) is 24.3 Å². The van der Waals surface area contributed by atoms with Crippen LogP contribution in [0.5, 0.6) is 5.75 Å². The number of benzene rings is 1. The number of nitrogens with two attached hydrogens (primary N) is 1. The fourth-order valence-electron chi connectivity index (χ4n) is 4.18. The molecule has 2 saturated heterocycles. The molecule has 2 fully saturated rings. The zero-order chi connectivity index (χ0) is 26.8. The van der Waals surface area contributed by atoms with Crippen LogP contribution in [0, 0.1) is 0 Å². The number of pyridine rings is 1. The number of carbonyl (C=O) groups is 2. The molecule has 2 aliphatic rings. The molecule has 13 heteroatoms. The van der Waals surface area contributed by atoms with Crippen LogP contribution in [-0.4, -0.2) is 55.7 Å². The molecule has 1 aromatic carbocycles. The number of fused-ring (bicyclic) bond motifs is 1. The maximum absolute atomic E-state index is 13.7. The van der Waals surface area contributed by atoms with Crippen molar-refractivity contribution in [3.05, 3.63) is 60.4 Å². The molecule has 0 spiro atoms. The van der Waals surface area contributed by atoms with Crippen LogP contribution < -0.4 is 19.9 Å². The van der Waals surface area contributed by atoms with Gasteiger partial charge in [-0.15, -0.1) is 0 Å².